The molecule has 1 N–H and O–H groups in total. The van der Waals surface area contributed by atoms with Crippen molar-refractivity contribution < 1.29 is 23.7 Å². The number of benzene rings is 3. The van der Waals surface area contributed by atoms with Crippen molar-refractivity contribution in [2.24, 2.45) is 5.92 Å². The lowest BCUT2D eigenvalue weighted by atomic mass is 9.91. The summed E-state index contributed by atoms with van der Waals surface area (Å²) in [6.45, 7) is 4.19. The first-order valence-electron chi connectivity index (χ1n) is 12.5. The second kappa shape index (κ2) is 13.9. The molecule has 1 aliphatic heterocycles. The number of carbonyl (C=O) groups excluding carboxylic acids is 1. The first-order valence-corrected chi connectivity index (χ1v) is 12.5. The maximum atomic E-state index is 11.7. The summed E-state index contributed by atoms with van der Waals surface area (Å²) in [7, 11) is 0. The monoisotopic (exact) mass is 489 g/mol. The molecule has 4 rings (SSSR count). The number of amides is 1. The van der Waals surface area contributed by atoms with E-state index in [1.54, 1.807) is 0 Å². The number of carbonyl (C=O) groups is 1. The third-order valence-corrected chi connectivity index (χ3v) is 6.26. The van der Waals surface area contributed by atoms with Crippen LogP contribution in [-0.2, 0) is 43.6 Å². The molecule has 1 heterocycles. The van der Waals surface area contributed by atoms with Crippen molar-refractivity contribution >= 4 is 5.91 Å². The van der Waals surface area contributed by atoms with Crippen LogP contribution in [0.2, 0.25) is 0 Å². The highest BCUT2D eigenvalue weighted by molar-refractivity contribution is 5.72. The van der Waals surface area contributed by atoms with Crippen molar-refractivity contribution in [1.29, 1.82) is 0 Å². The molecule has 0 bridgehead atoms. The average molecular weight is 490 g/mol. The third kappa shape index (κ3) is 8.00. The maximum absolute atomic E-state index is 11.7. The van der Waals surface area contributed by atoms with E-state index in [1.165, 1.54) is 6.92 Å². The fourth-order valence-electron chi connectivity index (χ4n) is 4.34. The van der Waals surface area contributed by atoms with Gasteiger partial charge in [0.1, 0.15) is 12.2 Å². The van der Waals surface area contributed by atoms with Gasteiger partial charge in [-0.05, 0) is 16.7 Å². The molecule has 190 valence electrons. The lowest BCUT2D eigenvalue weighted by Gasteiger charge is -2.42. The zero-order chi connectivity index (χ0) is 25.0. The van der Waals surface area contributed by atoms with E-state index >= 15 is 0 Å². The molecule has 1 saturated heterocycles. The molecule has 6 nitrogen and oxygen atoms in total. The zero-order valence-corrected chi connectivity index (χ0v) is 20.8. The Hall–Kier alpha value is -3.03. The number of hydrogen-bond donors (Lipinski definition) is 1. The molecule has 1 amide bonds. The van der Waals surface area contributed by atoms with Gasteiger partial charge < -0.3 is 24.3 Å². The minimum atomic E-state index is -0.364. The Morgan fingerprint density at radius 3 is 1.81 bits per heavy atom. The normalized spacial score (nSPS) is 21.7. The summed E-state index contributed by atoms with van der Waals surface area (Å²) >= 11 is 0. The highest BCUT2D eigenvalue weighted by Crippen LogP contribution is 2.28. The molecule has 0 aromatic heterocycles. The lowest BCUT2D eigenvalue weighted by Crippen LogP contribution is -2.56. The summed E-state index contributed by atoms with van der Waals surface area (Å²) in [5.41, 5.74) is 3.27. The maximum Gasteiger partial charge on any atom is 0.216 e. The average Bonchev–Trinajstić information content (AvgIpc) is 2.92. The molecule has 4 atom stereocenters. The molecule has 1 aliphatic rings. The Morgan fingerprint density at radius 2 is 1.28 bits per heavy atom. The van der Waals surface area contributed by atoms with Gasteiger partial charge in [0, 0.05) is 19.4 Å². The fourth-order valence-corrected chi connectivity index (χ4v) is 4.34. The standard InChI is InChI=1S/C30H35NO5/c1-23(32)31-17-27-21-34-28(22-33-18-24-11-5-2-6-12-24)30(36-20-26-15-9-4-10-16-26)29(27)35-19-25-13-7-3-8-14-25/h2-16,27-30H,17-22H2,1H3,(H,31,32)/t27-,28-,29-,30+/m1/s1. The second-order valence-electron chi connectivity index (χ2n) is 9.09. The summed E-state index contributed by atoms with van der Waals surface area (Å²) in [5, 5.41) is 2.93. The molecule has 6 heteroatoms. The highest BCUT2D eigenvalue weighted by atomic mass is 16.6. The van der Waals surface area contributed by atoms with E-state index in [-0.39, 0.29) is 30.1 Å². The summed E-state index contributed by atoms with van der Waals surface area (Å²) in [6, 6.07) is 30.2. The first-order chi connectivity index (χ1) is 17.7. The number of rotatable bonds is 12. The molecular weight excluding hydrogens is 454 g/mol. The summed E-state index contributed by atoms with van der Waals surface area (Å²) in [4.78, 5) is 11.7. The van der Waals surface area contributed by atoms with Gasteiger partial charge in [-0.1, -0.05) is 91.0 Å². The van der Waals surface area contributed by atoms with Crippen LogP contribution in [0.3, 0.4) is 0 Å². The smallest absolute Gasteiger partial charge is 0.216 e. The quantitative estimate of drug-likeness (QED) is 0.405. The van der Waals surface area contributed by atoms with Crippen LogP contribution >= 0.6 is 0 Å². The van der Waals surface area contributed by atoms with Crippen LogP contribution in [0.25, 0.3) is 0 Å². The van der Waals surface area contributed by atoms with Crippen LogP contribution in [0.5, 0.6) is 0 Å². The van der Waals surface area contributed by atoms with Gasteiger partial charge in [0.25, 0.3) is 0 Å². The molecule has 0 radical (unpaired) electrons. The van der Waals surface area contributed by atoms with E-state index in [0.717, 1.165) is 16.7 Å². The number of hydrogen-bond acceptors (Lipinski definition) is 5. The molecule has 0 spiro atoms. The van der Waals surface area contributed by atoms with Crippen molar-refractivity contribution in [1.82, 2.24) is 5.32 Å². The molecule has 36 heavy (non-hydrogen) atoms. The largest absolute Gasteiger partial charge is 0.374 e. The van der Waals surface area contributed by atoms with Gasteiger partial charge in [-0.2, -0.15) is 0 Å². The summed E-state index contributed by atoms with van der Waals surface area (Å²) in [5.74, 6) is -0.129. The molecule has 0 unspecified atom stereocenters. The highest BCUT2D eigenvalue weighted by Gasteiger charge is 2.42. The van der Waals surface area contributed by atoms with Gasteiger partial charge in [0.15, 0.2) is 0 Å². The third-order valence-electron chi connectivity index (χ3n) is 6.26. The Balaban J connectivity index is 1.49. The minimum absolute atomic E-state index is 0.0521. The van der Waals surface area contributed by atoms with E-state index in [1.807, 2.05) is 91.0 Å². The molecule has 3 aromatic rings. The van der Waals surface area contributed by atoms with Gasteiger partial charge in [0.05, 0.1) is 39.1 Å². The van der Waals surface area contributed by atoms with Gasteiger partial charge in [-0.25, -0.2) is 0 Å². The number of nitrogens with one attached hydrogen (secondary N) is 1. The van der Waals surface area contributed by atoms with Crippen molar-refractivity contribution in [2.45, 2.75) is 45.1 Å². The van der Waals surface area contributed by atoms with Crippen LogP contribution in [0.1, 0.15) is 23.6 Å². The molecule has 1 fully saturated rings. The SMILES string of the molecule is CC(=O)NC[C@@H]1CO[C@H](COCc2ccccc2)[C@H](OCc2ccccc2)[C@@H]1OCc1ccccc1. The van der Waals surface area contributed by atoms with Crippen molar-refractivity contribution in [3.05, 3.63) is 108 Å². The second-order valence-corrected chi connectivity index (χ2v) is 9.09. The molecule has 0 saturated carbocycles. The minimum Gasteiger partial charge on any atom is -0.374 e. The number of ether oxygens (including phenoxy) is 4. The van der Waals surface area contributed by atoms with Gasteiger partial charge in [-0.3, -0.25) is 4.79 Å². The Kier molecular flexibility index (Phi) is 10.1. The predicted octanol–water partition coefficient (Wildman–Crippen LogP) is 4.53. The molecular formula is C30H35NO5. The zero-order valence-electron chi connectivity index (χ0n) is 20.8. The first kappa shape index (κ1) is 26.0. The van der Waals surface area contributed by atoms with E-state index in [9.17, 15) is 4.79 Å². The Morgan fingerprint density at radius 1 is 0.778 bits per heavy atom. The summed E-state index contributed by atoms with van der Waals surface area (Å²) in [6.07, 6.45) is -0.941. The Labute approximate surface area is 213 Å². The van der Waals surface area contributed by atoms with E-state index in [0.29, 0.717) is 39.6 Å². The van der Waals surface area contributed by atoms with E-state index in [2.05, 4.69) is 5.32 Å². The van der Waals surface area contributed by atoms with Crippen LogP contribution in [0, 0.1) is 5.92 Å². The summed E-state index contributed by atoms with van der Waals surface area (Å²) < 4.78 is 25.3. The van der Waals surface area contributed by atoms with Crippen LogP contribution < -0.4 is 5.32 Å². The van der Waals surface area contributed by atoms with Gasteiger partial charge >= 0.3 is 0 Å². The molecule has 0 aliphatic carbocycles. The van der Waals surface area contributed by atoms with Crippen molar-refractivity contribution in [3.63, 3.8) is 0 Å². The van der Waals surface area contributed by atoms with E-state index in [4.69, 9.17) is 18.9 Å². The van der Waals surface area contributed by atoms with Crippen molar-refractivity contribution in [2.75, 3.05) is 19.8 Å². The topological polar surface area (TPSA) is 66.0 Å². The van der Waals surface area contributed by atoms with Gasteiger partial charge in [-0.15, -0.1) is 0 Å². The van der Waals surface area contributed by atoms with Gasteiger partial charge in [0.2, 0.25) is 5.91 Å². The predicted molar refractivity (Wildman–Crippen MR) is 138 cm³/mol. The lowest BCUT2D eigenvalue weighted by molar-refractivity contribution is -0.218. The Bertz CT molecular complexity index is 1030. The fraction of sp³-hybridized carbons (Fsp3) is 0.367. The van der Waals surface area contributed by atoms with Crippen LogP contribution in [-0.4, -0.2) is 44.0 Å². The van der Waals surface area contributed by atoms with Crippen LogP contribution in [0.4, 0.5) is 0 Å². The van der Waals surface area contributed by atoms with Crippen LogP contribution in [0.15, 0.2) is 91.0 Å². The molecule has 3 aromatic carbocycles. The van der Waals surface area contributed by atoms with Crippen molar-refractivity contribution in [3.8, 4) is 0 Å². The van der Waals surface area contributed by atoms with E-state index < -0.39 is 0 Å².